The first-order valence-electron chi connectivity index (χ1n) is 6.77. The van der Waals surface area contributed by atoms with E-state index in [9.17, 15) is 4.79 Å². The number of benzene rings is 1. The van der Waals surface area contributed by atoms with Gasteiger partial charge in [-0.1, -0.05) is 22.9 Å². The van der Waals surface area contributed by atoms with Crippen molar-refractivity contribution in [3.05, 3.63) is 39.3 Å². The summed E-state index contributed by atoms with van der Waals surface area (Å²) in [7, 11) is 0. The molecule has 0 atom stereocenters. The Labute approximate surface area is 136 Å². The molecule has 1 aromatic carbocycles. The zero-order valence-corrected chi connectivity index (χ0v) is 14.4. The molecule has 1 N–H and O–H groups in total. The number of rotatable bonds is 6. The fourth-order valence-electron chi connectivity index (χ4n) is 1.90. The highest BCUT2D eigenvalue weighted by Gasteiger charge is 2.09. The lowest BCUT2D eigenvalue weighted by Crippen LogP contribution is -2.07. The van der Waals surface area contributed by atoms with Crippen LogP contribution in [0.4, 0.5) is 10.8 Å². The minimum Gasteiger partial charge on any atom is -0.466 e. The highest BCUT2D eigenvalue weighted by atomic mass is 79.9. The summed E-state index contributed by atoms with van der Waals surface area (Å²) in [6.45, 7) is 4.31. The van der Waals surface area contributed by atoms with E-state index >= 15 is 0 Å². The summed E-state index contributed by atoms with van der Waals surface area (Å²) >= 11 is 4.96. The maximum absolute atomic E-state index is 11.4. The van der Waals surface area contributed by atoms with Gasteiger partial charge in [-0.25, -0.2) is 4.98 Å². The van der Waals surface area contributed by atoms with Crippen molar-refractivity contribution >= 4 is 44.1 Å². The molecule has 0 amide bonds. The maximum Gasteiger partial charge on any atom is 0.311 e. The van der Waals surface area contributed by atoms with Crippen LogP contribution in [0.5, 0.6) is 0 Å². The number of nitrogens with one attached hydrogen (secondary N) is 1. The summed E-state index contributed by atoms with van der Waals surface area (Å²) < 4.78 is 5.99. The van der Waals surface area contributed by atoms with Crippen LogP contribution < -0.4 is 5.32 Å². The van der Waals surface area contributed by atoms with Crippen LogP contribution in [-0.2, 0) is 22.4 Å². The second-order valence-corrected chi connectivity index (χ2v) is 6.18. The van der Waals surface area contributed by atoms with Gasteiger partial charge in [0.05, 0.1) is 18.7 Å². The van der Waals surface area contributed by atoms with Crippen molar-refractivity contribution in [3.63, 3.8) is 0 Å². The molecule has 0 saturated carbocycles. The van der Waals surface area contributed by atoms with Crippen molar-refractivity contribution in [1.82, 2.24) is 4.98 Å². The highest BCUT2D eigenvalue weighted by Crippen LogP contribution is 2.26. The lowest BCUT2D eigenvalue weighted by molar-refractivity contribution is -0.142. The second kappa shape index (κ2) is 7.56. The molecule has 0 aliphatic carbocycles. The smallest absolute Gasteiger partial charge is 0.311 e. The molecular weight excluding hydrogens is 352 g/mol. The molecule has 0 spiro atoms. The molecule has 6 heteroatoms. The average molecular weight is 369 g/mol. The molecule has 0 bridgehead atoms. The Morgan fingerprint density at radius 3 is 2.95 bits per heavy atom. The number of carbonyl (C=O) groups excluding carboxylic acids is 1. The summed E-state index contributed by atoms with van der Waals surface area (Å²) in [5.74, 6) is -0.243. The molecule has 21 heavy (non-hydrogen) atoms. The van der Waals surface area contributed by atoms with Crippen LogP contribution in [-0.4, -0.2) is 17.6 Å². The topological polar surface area (TPSA) is 51.2 Å². The number of nitrogens with zero attached hydrogens (tertiary/aromatic N) is 1. The number of aromatic nitrogens is 1. The van der Waals surface area contributed by atoms with Crippen molar-refractivity contribution in [2.45, 2.75) is 26.7 Å². The molecule has 2 aromatic rings. The lowest BCUT2D eigenvalue weighted by Gasteiger charge is -2.09. The van der Waals surface area contributed by atoms with E-state index in [1.165, 1.54) is 16.9 Å². The van der Waals surface area contributed by atoms with Crippen molar-refractivity contribution in [2.75, 3.05) is 11.9 Å². The van der Waals surface area contributed by atoms with E-state index in [1.807, 2.05) is 17.5 Å². The zero-order chi connectivity index (χ0) is 15.2. The first-order valence-corrected chi connectivity index (χ1v) is 8.45. The first kappa shape index (κ1) is 16.0. The van der Waals surface area contributed by atoms with Crippen molar-refractivity contribution in [1.29, 1.82) is 0 Å². The Kier molecular flexibility index (Phi) is 5.76. The molecule has 0 radical (unpaired) electrons. The van der Waals surface area contributed by atoms with Crippen molar-refractivity contribution in [3.8, 4) is 0 Å². The Balaban J connectivity index is 2.07. The van der Waals surface area contributed by atoms with Gasteiger partial charge in [-0.15, -0.1) is 11.3 Å². The third-order valence-corrected chi connectivity index (χ3v) is 4.17. The normalized spacial score (nSPS) is 10.4. The Morgan fingerprint density at radius 1 is 1.43 bits per heavy atom. The fourth-order valence-corrected chi connectivity index (χ4v) is 3.03. The molecule has 0 aliphatic rings. The van der Waals surface area contributed by atoms with Gasteiger partial charge in [0.2, 0.25) is 0 Å². The van der Waals surface area contributed by atoms with Gasteiger partial charge in [-0.2, -0.15) is 0 Å². The fraction of sp³-hybridized carbons (Fsp3) is 0.333. The van der Waals surface area contributed by atoms with E-state index < -0.39 is 0 Å². The Bertz CT molecular complexity index is 628. The van der Waals surface area contributed by atoms with E-state index in [4.69, 9.17) is 4.74 Å². The molecule has 2 rings (SSSR count). The van der Waals surface area contributed by atoms with Crippen LogP contribution in [0.15, 0.2) is 28.1 Å². The summed E-state index contributed by atoms with van der Waals surface area (Å²) in [5, 5.41) is 5.97. The van der Waals surface area contributed by atoms with Gasteiger partial charge < -0.3 is 10.1 Å². The number of halogens is 1. The third-order valence-electron chi connectivity index (χ3n) is 2.87. The van der Waals surface area contributed by atoms with Crippen LogP contribution in [0.25, 0.3) is 0 Å². The summed E-state index contributed by atoms with van der Waals surface area (Å²) in [6.07, 6.45) is 1.15. The number of carbonyl (C=O) groups is 1. The van der Waals surface area contributed by atoms with E-state index in [0.717, 1.165) is 27.4 Å². The predicted molar refractivity (Wildman–Crippen MR) is 89.3 cm³/mol. The molecule has 0 fully saturated rings. The van der Waals surface area contributed by atoms with Gasteiger partial charge in [-0.3, -0.25) is 4.79 Å². The van der Waals surface area contributed by atoms with E-state index in [1.54, 1.807) is 6.92 Å². The van der Waals surface area contributed by atoms with Gasteiger partial charge >= 0.3 is 5.97 Å². The van der Waals surface area contributed by atoms with Gasteiger partial charge in [0.25, 0.3) is 0 Å². The van der Waals surface area contributed by atoms with Crippen LogP contribution >= 0.6 is 27.3 Å². The molecular formula is C15H17BrN2O2S. The second-order valence-electron chi connectivity index (χ2n) is 4.41. The highest BCUT2D eigenvalue weighted by molar-refractivity contribution is 9.10. The Morgan fingerprint density at radius 2 is 2.24 bits per heavy atom. The van der Waals surface area contributed by atoms with Crippen LogP contribution in [0.1, 0.15) is 25.1 Å². The SMILES string of the molecule is CCOC(=O)Cc1csc(Nc2ccc(Br)cc2CC)n1. The Hall–Kier alpha value is -1.40. The first-order chi connectivity index (χ1) is 10.1. The minimum absolute atomic E-state index is 0.215. The number of hydrogen-bond donors (Lipinski definition) is 1. The van der Waals surface area contributed by atoms with Crippen molar-refractivity contribution in [2.24, 2.45) is 0 Å². The monoisotopic (exact) mass is 368 g/mol. The average Bonchev–Trinajstić information content (AvgIpc) is 2.88. The van der Waals surface area contributed by atoms with Gasteiger partial charge in [-0.05, 0) is 37.1 Å². The number of esters is 1. The number of ether oxygens (including phenoxy) is 1. The quantitative estimate of drug-likeness (QED) is 0.771. The van der Waals surface area contributed by atoms with Gasteiger partial charge in [0, 0.05) is 15.5 Å². The van der Waals surface area contributed by atoms with Crippen LogP contribution in [0, 0.1) is 0 Å². The van der Waals surface area contributed by atoms with E-state index in [2.05, 4.69) is 39.2 Å². The maximum atomic E-state index is 11.4. The molecule has 1 heterocycles. The van der Waals surface area contributed by atoms with Crippen molar-refractivity contribution < 1.29 is 9.53 Å². The largest absolute Gasteiger partial charge is 0.466 e. The molecule has 112 valence electrons. The summed E-state index contributed by atoms with van der Waals surface area (Å²) in [6, 6.07) is 6.11. The van der Waals surface area contributed by atoms with Crippen LogP contribution in [0.2, 0.25) is 0 Å². The summed E-state index contributed by atoms with van der Waals surface area (Å²) in [4.78, 5) is 15.9. The van der Waals surface area contributed by atoms with E-state index in [-0.39, 0.29) is 12.4 Å². The van der Waals surface area contributed by atoms with E-state index in [0.29, 0.717) is 6.61 Å². The molecule has 1 aromatic heterocycles. The molecule has 0 unspecified atom stereocenters. The third kappa shape index (κ3) is 4.54. The molecule has 0 saturated heterocycles. The van der Waals surface area contributed by atoms with Gasteiger partial charge in [0.1, 0.15) is 0 Å². The number of aryl methyl sites for hydroxylation is 1. The molecule has 0 aliphatic heterocycles. The zero-order valence-electron chi connectivity index (χ0n) is 12.0. The minimum atomic E-state index is -0.243. The number of hydrogen-bond acceptors (Lipinski definition) is 5. The number of anilines is 2. The van der Waals surface area contributed by atoms with Gasteiger partial charge in [0.15, 0.2) is 5.13 Å². The number of thiazole rings is 1. The standard InChI is InChI=1S/C15H17BrN2O2S/c1-3-10-7-11(16)5-6-13(10)18-15-17-12(9-21-15)8-14(19)20-4-2/h5-7,9H,3-4,8H2,1-2H3,(H,17,18). The van der Waals surface area contributed by atoms with Crippen LogP contribution in [0.3, 0.4) is 0 Å². The molecule has 4 nitrogen and oxygen atoms in total. The summed E-state index contributed by atoms with van der Waals surface area (Å²) in [5.41, 5.74) is 2.99. The lowest BCUT2D eigenvalue weighted by atomic mass is 10.1. The predicted octanol–water partition coefficient (Wildman–Crippen LogP) is 4.32.